The predicted molar refractivity (Wildman–Crippen MR) is 69.2 cm³/mol. The van der Waals surface area contributed by atoms with Gasteiger partial charge in [-0.15, -0.1) is 5.10 Å². The zero-order valence-electron chi connectivity index (χ0n) is 11.5. The lowest BCUT2D eigenvalue weighted by Crippen LogP contribution is -2.42. The van der Waals surface area contributed by atoms with E-state index in [4.69, 9.17) is 10.5 Å². The van der Waals surface area contributed by atoms with Gasteiger partial charge in [-0.1, -0.05) is 5.21 Å². The van der Waals surface area contributed by atoms with Crippen molar-refractivity contribution >= 4 is 11.9 Å². The molecule has 0 atom stereocenters. The van der Waals surface area contributed by atoms with E-state index in [1.165, 1.54) is 11.8 Å². The number of likely N-dealkylation sites (tertiary alicyclic amines) is 1. The molecule has 0 unspecified atom stereocenters. The van der Waals surface area contributed by atoms with Gasteiger partial charge in [0.2, 0.25) is 5.91 Å². The van der Waals surface area contributed by atoms with Gasteiger partial charge in [0.25, 0.3) is 0 Å². The molecule has 1 amide bonds. The van der Waals surface area contributed by atoms with E-state index in [1.54, 1.807) is 11.1 Å². The van der Waals surface area contributed by atoms with Crippen LogP contribution in [0.2, 0.25) is 0 Å². The third-order valence-electron chi connectivity index (χ3n) is 3.47. The molecule has 0 radical (unpaired) electrons. The summed E-state index contributed by atoms with van der Waals surface area (Å²) in [6, 6.07) is 0. The van der Waals surface area contributed by atoms with E-state index in [9.17, 15) is 9.59 Å². The molecule has 0 aromatic carbocycles. The molecule has 2 N–H and O–H groups in total. The van der Waals surface area contributed by atoms with Gasteiger partial charge in [0.1, 0.15) is 6.54 Å². The topological polar surface area (TPSA) is 103 Å². The Kier molecular flexibility index (Phi) is 4.67. The molecule has 0 bridgehead atoms. The maximum atomic E-state index is 12.1. The largest absolute Gasteiger partial charge is 0.469 e. The van der Waals surface area contributed by atoms with E-state index in [1.807, 2.05) is 0 Å². The summed E-state index contributed by atoms with van der Waals surface area (Å²) in [5, 5.41) is 7.68. The average Bonchev–Trinajstić information content (AvgIpc) is 2.94. The fraction of sp³-hybridized carbons (Fsp3) is 0.667. The maximum absolute atomic E-state index is 12.1. The van der Waals surface area contributed by atoms with Crippen LogP contribution in [0.5, 0.6) is 0 Å². The van der Waals surface area contributed by atoms with Crippen LogP contribution in [0.4, 0.5) is 0 Å². The number of piperidine rings is 1. The Morgan fingerprint density at radius 3 is 2.70 bits per heavy atom. The van der Waals surface area contributed by atoms with Crippen molar-refractivity contribution in [2.24, 2.45) is 11.7 Å². The second kappa shape index (κ2) is 6.47. The highest BCUT2D eigenvalue weighted by Gasteiger charge is 2.27. The zero-order valence-corrected chi connectivity index (χ0v) is 11.5. The number of hydrogen-bond donors (Lipinski definition) is 1. The van der Waals surface area contributed by atoms with Gasteiger partial charge < -0.3 is 15.4 Å². The quantitative estimate of drug-likeness (QED) is 0.721. The van der Waals surface area contributed by atoms with Crippen molar-refractivity contribution in [1.82, 2.24) is 19.9 Å². The summed E-state index contributed by atoms with van der Waals surface area (Å²) < 4.78 is 6.20. The number of rotatable bonds is 4. The minimum absolute atomic E-state index is 0.0261. The Labute approximate surface area is 116 Å². The Morgan fingerprint density at radius 2 is 2.15 bits per heavy atom. The van der Waals surface area contributed by atoms with Crippen molar-refractivity contribution in [3.05, 3.63) is 11.9 Å². The molecule has 8 heteroatoms. The first kappa shape index (κ1) is 14.4. The zero-order chi connectivity index (χ0) is 14.5. The number of methoxy groups -OCH3 is 1. The first-order valence-corrected chi connectivity index (χ1v) is 6.58. The van der Waals surface area contributed by atoms with Gasteiger partial charge in [-0.05, 0) is 12.8 Å². The number of carbonyl (C=O) groups is 2. The first-order valence-electron chi connectivity index (χ1n) is 6.58. The highest BCUT2D eigenvalue weighted by atomic mass is 16.5. The molecule has 2 rings (SSSR count). The van der Waals surface area contributed by atoms with Crippen LogP contribution in [0.1, 0.15) is 18.5 Å². The summed E-state index contributed by atoms with van der Waals surface area (Å²) in [5.41, 5.74) is 6.09. The van der Waals surface area contributed by atoms with E-state index in [0.717, 1.165) is 0 Å². The van der Waals surface area contributed by atoms with Crippen LogP contribution in [0.15, 0.2) is 6.20 Å². The molecule has 8 nitrogen and oxygen atoms in total. The Bertz CT molecular complexity index is 479. The Morgan fingerprint density at radius 1 is 1.45 bits per heavy atom. The second-order valence-electron chi connectivity index (χ2n) is 4.79. The molecule has 1 aliphatic heterocycles. The van der Waals surface area contributed by atoms with Crippen LogP contribution in [0.25, 0.3) is 0 Å². The standard InChI is InChI=1S/C12H19N5O3/c1-20-12(19)9-2-4-16(5-3-9)11(18)8-17-7-10(6-13)14-15-17/h7,9H,2-6,8,13H2,1H3. The number of nitrogens with two attached hydrogens (primary N) is 1. The van der Waals surface area contributed by atoms with Gasteiger partial charge in [0, 0.05) is 19.6 Å². The number of carbonyl (C=O) groups excluding carboxylic acids is 2. The summed E-state index contributed by atoms with van der Waals surface area (Å²) >= 11 is 0. The van der Waals surface area contributed by atoms with Crippen LogP contribution in [-0.2, 0) is 27.4 Å². The molecule has 1 aromatic rings. The van der Waals surface area contributed by atoms with Crippen LogP contribution in [-0.4, -0.2) is 52.0 Å². The summed E-state index contributed by atoms with van der Waals surface area (Å²) in [7, 11) is 1.39. The highest BCUT2D eigenvalue weighted by Crippen LogP contribution is 2.18. The third kappa shape index (κ3) is 3.32. The van der Waals surface area contributed by atoms with Crippen LogP contribution >= 0.6 is 0 Å². The molecule has 0 spiro atoms. The van der Waals surface area contributed by atoms with Crippen LogP contribution in [0, 0.1) is 5.92 Å². The lowest BCUT2D eigenvalue weighted by molar-refractivity contribution is -0.149. The van der Waals surface area contributed by atoms with Crippen molar-refractivity contribution in [2.45, 2.75) is 25.9 Å². The molecule has 20 heavy (non-hydrogen) atoms. The molecule has 110 valence electrons. The molecule has 1 fully saturated rings. The van der Waals surface area contributed by atoms with Gasteiger partial charge in [-0.3, -0.25) is 9.59 Å². The van der Waals surface area contributed by atoms with Crippen molar-refractivity contribution in [3.8, 4) is 0 Å². The molecule has 1 aliphatic rings. The van der Waals surface area contributed by atoms with Crippen molar-refractivity contribution in [2.75, 3.05) is 20.2 Å². The number of amides is 1. The summed E-state index contributed by atoms with van der Waals surface area (Å²) in [4.78, 5) is 25.3. The number of aromatic nitrogens is 3. The molecular weight excluding hydrogens is 262 g/mol. The van der Waals surface area contributed by atoms with E-state index < -0.39 is 0 Å². The second-order valence-corrected chi connectivity index (χ2v) is 4.79. The smallest absolute Gasteiger partial charge is 0.308 e. The fourth-order valence-electron chi connectivity index (χ4n) is 2.28. The molecule has 0 saturated carbocycles. The van der Waals surface area contributed by atoms with Gasteiger partial charge in [-0.25, -0.2) is 4.68 Å². The van der Waals surface area contributed by atoms with Crippen LogP contribution < -0.4 is 5.73 Å². The molecule has 0 aliphatic carbocycles. The third-order valence-corrected chi connectivity index (χ3v) is 3.47. The first-order chi connectivity index (χ1) is 9.63. The van der Waals surface area contributed by atoms with Crippen LogP contribution in [0.3, 0.4) is 0 Å². The van der Waals surface area contributed by atoms with E-state index in [-0.39, 0.29) is 24.3 Å². The minimum atomic E-state index is -0.194. The predicted octanol–water partition coefficient (Wildman–Crippen LogP) is -0.852. The molecule has 1 saturated heterocycles. The molecule has 2 heterocycles. The van der Waals surface area contributed by atoms with Gasteiger partial charge in [0.15, 0.2) is 0 Å². The van der Waals surface area contributed by atoms with E-state index in [0.29, 0.717) is 38.2 Å². The van der Waals surface area contributed by atoms with Gasteiger partial charge >= 0.3 is 5.97 Å². The van der Waals surface area contributed by atoms with Gasteiger partial charge in [-0.2, -0.15) is 0 Å². The lowest BCUT2D eigenvalue weighted by Gasteiger charge is -2.30. The number of nitrogens with zero attached hydrogens (tertiary/aromatic N) is 4. The summed E-state index contributed by atoms with van der Waals surface area (Å²) in [6.07, 6.45) is 2.95. The Hall–Kier alpha value is -1.96. The SMILES string of the molecule is COC(=O)C1CCN(C(=O)Cn2cc(CN)nn2)CC1. The molecular formula is C12H19N5O3. The van der Waals surface area contributed by atoms with E-state index in [2.05, 4.69) is 10.3 Å². The van der Waals surface area contributed by atoms with Crippen molar-refractivity contribution < 1.29 is 14.3 Å². The maximum Gasteiger partial charge on any atom is 0.308 e. The number of hydrogen-bond acceptors (Lipinski definition) is 6. The van der Waals surface area contributed by atoms with Crippen molar-refractivity contribution in [3.63, 3.8) is 0 Å². The summed E-state index contributed by atoms with van der Waals surface area (Å²) in [6.45, 7) is 1.59. The lowest BCUT2D eigenvalue weighted by atomic mass is 9.97. The van der Waals surface area contributed by atoms with E-state index >= 15 is 0 Å². The number of ether oxygens (including phenoxy) is 1. The highest BCUT2D eigenvalue weighted by molar-refractivity contribution is 5.77. The number of esters is 1. The van der Waals surface area contributed by atoms with Crippen molar-refractivity contribution in [1.29, 1.82) is 0 Å². The average molecular weight is 281 g/mol. The Balaban J connectivity index is 1.84. The fourth-order valence-corrected chi connectivity index (χ4v) is 2.28. The summed E-state index contributed by atoms with van der Waals surface area (Å²) in [5.74, 6) is -0.318. The monoisotopic (exact) mass is 281 g/mol. The van der Waals surface area contributed by atoms with Gasteiger partial charge in [0.05, 0.1) is 24.9 Å². The molecule has 1 aromatic heterocycles. The normalized spacial score (nSPS) is 16.2. The minimum Gasteiger partial charge on any atom is -0.469 e.